The molecule has 198 valence electrons. The SMILES string of the molecule is CN(C(=O)C1[C@@H](Cc2ccnc(N)c2)C(=O)N1C(=O)NC(C1CCCCC1)C(F)(F)F)c1ccccn1. The van der Waals surface area contributed by atoms with Crippen LogP contribution in [0.1, 0.15) is 37.7 Å². The third kappa shape index (κ3) is 5.67. The van der Waals surface area contributed by atoms with Gasteiger partial charge in [0.25, 0.3) is 5.91 Å². The van der Waals surface area contributed by atoms with Crippen LogP contribution in [0.25, 0.3) is 0 Å². The molecule has 3 atom stereocenters. The summed E-state index contributed by atoms with van der Waals surface area (Å²) in [4.78, 5) is 49.6. The fourth-order valence-corrected chi connectivity index (χ4v) is 5.13. The van der Waals surface area contributed by atoms with Gasteiger partial charge in [0.15, 0.2) is 0 Å². The Morgan fingerprint density at radius 2 is 1.89 bits per heavy atom. The number of nitrogen functional groups attached to an aromatic ring is 1. The second-order valence-electron chi connectivity index (χ2n) is 9.50. The summed E-state index contributed by atoms with van der Waals surface area (Å²) in [7, 11) is 1.44. The molecule has 0 bridgehead atoms. The summed E-state index contributed by atoms with van der Waals surface area (Å²) in [6.45, 7) is 0. The maximum atomic E-state index is 13.9. The summed E-state index contributed by atoms with van der Waals surface area (Å²) >= 11 is 0. The standard InChI is InChI=1S/C25H29F3N6O3/c1-33(19-9-5-6-11-31-19)23(36)20-17(13-15-10-12-30-18(29)14-15)22(35)34(20)24(37)32-21(25(26,27)28)16-7-3-2-4-8-16/h5-6,9-12,14,16-17,20-21H,2-4,7-8,13H2,1H3,(H2,29,30)(H,32,37)/t17-,20?,21?/m1/s1. The molecule has 2 aromatic rings. The van der Waals surface area contributed by atoms with E-state index in [1.165, 1.54) is 24.3 Å². The minimum atomic E-state index is -4.69. The van der Waals surface area contributed by atoms with Crippen molar-refractivity contribution in [2.75, 3.05) is 17.7 Å². The zero-order valence-corrected chi connectivity index (χ0v) is 20.3. The number of carbonyl (C=O) groups is 3. The molecule has 12 heteroatoms. The van der Waals surface area contributed by atoms with Crippen molar-refractivity contribution in [1.82, 2.24) is 20.2 Å². The van der Waals surface area contributed by atoms with Crippen LogP contribution in [0.4, 0.5) is 29.6 Å². The molecule has 1 aliphatic heterocycles. The van der Waals surface area contributed by atoms with Crippen molar-refractivity contribution in [1.29, 1.82) is 0 Å². The van der Waals surface area contributed by atoms with Gasteiger partial charge in [0.2, 0.25) is 5.91 Å². The highest BCUT2D eigenvalue weighted by Crippen LogP contribution is 2.37. The number of hydrogen-bond acceptors (Lipinski definition) is 6. The minimum absolute atomic E-state index is 0.0626. The molecular formula is C25H29F3N6O3. The predicted octanol–water partition coefficient (Wildman–Crippen LogP) is 3.31. The molecule has 37 heavy (non-hydrogen) atoms. The van der Waals surface area contributed by atoms with Crippen molar-refractivity contribution in [2.45, 2.75) is 56.8 Å². The smallest absolute Gasteiger partial charge is 0.384 e. The van der Waals surface area contributed by atoms with Gasteiger partial charge in [-0.15, -0.1) is 0 Å². The Morgan fingerprint density at radius 3 is 2.51 bits per heavy atom. The number of likely N-dealkylation sites (tertiary alicyclic amines) is 1. The van der Waals surface area contributed by atoms with Gasteiger partial charge in [-0.25, -0.2) is 14.8 Å². The molecule has 2 aromatic heterocycles. The molecule has 3 N–H and O–H groups in total. The molecule has 3 heterocycles. The number of imide groups is 1. The Labute approximate surface area is 212 Å². The van der Waals surface area contributed by atoms with E-state index in [4.69, 9.17) is 5.73 Å². The maximum absolute atomic E-state index is 13.9. The molecule has 4 amide bonds. The average Bonchev–Trinajstić information content (AvgIpc) is 2.88. The van der Waals surface area contributed by atoms with Crippen LogP contribution in [0.15, 0.2) is 42.7 Å². The first-order valence-corrected chi connectivity index (χ1v) is 12.2. The number of halogens is 3. The third-order valence-corrected chi connectivity index (χ3v) is 7.06. The lowest BCUT2D eigenvalue weighted by molar-refractivity contribution is -0.170. The van der Waals surface area contributed by atoms with E-state index in [0.717, 1.165) is 6.42 Å². The molecule has 0 spiro atoms. The van der Waals surface area contributed by atoms with E-state index in [9.17, 15) is 27.6 Å². The number of pyridine rings is 2. The Kier molecular flexibility index (Phi) is 7.65. The van der Waals surface area contributed by atoms with Gasteiger partial charge >= 0.3 is 12.2 Å². The fourth-order valence-electron chi connectivity index (χ4n) is 5.13. The molecule has 9 nitrogen and oxygen atoms in total. The quantitative estimate of drug-likeness (QED) is 0.566. The number of nitrogens with one attached hydrogen (secondary N) is 1. The number of nitrogens with two attached hydrogens (primary N) is 1. The summed E-state index contributed by atoms with van der Waals surface area (Å²) < 4.78 is 41.8. The monoisotopic (exact) mass is 518 g/mol. The van der Waals surface area contributed by atoms with Crippen LogP contribution in [0.2, 0.25) is 0 Å². The Bertz CT molecular complexity index is 1140. The summed E-state index contributed by atoms with van der Waals surface area (Å²) in [5.74, 6) is -2.63. The lowest BCUT2D eigenvalue weighted by atomic mass is 9.81. The van der Waals surface area contributed by atoms with Crippen molar-refractivity contribution in [2.24, 2.45) is 11.8 Å². The Hall–Kier alpha value is -3.70. The molecule has 1 saturated heterocycles. The first-order valence-electron chi connectivity index (χ1n) is 12.2. The number of nitrogens with zero attached hydrogens (tertiary/aromatic N) is 4. The van der Waals surface area contributed by atoms with Crippen molar-refractivity contribution in [3.8, 4) is 0 Å². The number of alkyl halides is 3. The van der Waals surface area contributed by atoms with Gasteiger partial charge in [0, 0.05) is 19.4 Å². The van der Waals surface area contributed by atoms with Gasteiger partial charge < -0.3 is 11.1 Å². The number of hydrogen-bond donors (Lipinski definition) is 2. The molecule has 1 aliphatic carbocycles. The highest BCUT2D eigenvalue weighted by molar-refractivity contribution is 6.12. The lowest BCUT2D eigenvalue weighted by Gasteiger charge is -2.46. The van der Waals surface area contributed by atoms with Crippen molar-refractivity contribution >= 4 is 29.5 Å². The van der Waals surface area contributed by atoms with E-state index >= 15 is 0 Å². The summed E-state index contributed by atoms with van der Waals surface area (Å²) in [5.41, 5.74) is 6.34. The number of anilines is 2. The molecule has 2 unspecified atom stereocenters. The Balaban J connectivity index is 1.60. The molecular weight excluding hydrogens is 489 g/mol. The minimum Gasteiger partial charge on any atom is -0.384 e. The highest BCUT2D eigenvalue weighted by Gasteiger charge is 2.57. The number of aromatic nitrogens is 2. The van der Waals surface area contributed by atoms with Gasteiger partial charge in [-0.2, -0.15) is 13.2 Å². The maximum Gasteiger partial charge on any atom is 0.408 e. The van der Waals surface area contributed by atoms with E-state index in [0.29, 0.717) is 36.1 Å². The van der Waals surface area contributed by atoms with Gasteiger partial charge in [-0.05, 0) is 55.0 Å². The fraction of sp³-hybridized carbons (Fsp3) is 0.480. The topological polar surface area (TPSA) is 122 Å². The molecule has 4 rings (SSSR count). The molecule has 2 aliphatic rings. The molecule has 0 aromatic carbocycles. The summed E-state index contributed by atoms with van der Waals surface area (Å²) in [6.07, 6.45) is 1.09. The zero-order valence-electron chi connectivity index (χ0n) is 20.3. The van der Waals surface area contributed by atoms with Gasteiger partial charge in [-0.1, -0.05) is 25.3 Å². The van der Waals surface area contributed by atoms with Crippen LogP contribution >= 0.6 is 0 Å². The van der Waals surface area contributed by atoms with Crippen molar-refractivity contribution in [3.63, 3.8) is 0 Å². The number of urea groups is 1. The number of carbonyl (C=O) groups excluding carboxylic acids is 3. The van der Waals surface area contributed by atoms with Gasteiger partial charge in [0.05, 0.1) is 5.92 Å². The summed E-state index contributed by atoms with van der Waals surface area (Å²) in [5, 5.41) is 2.04. The third-order valence-electron chi connectivity index (χ3n) is 7.06. The van der Waals surface area contributed by atoms with Crippen LogP contribution < -0.4 is 16.0 Å². The van der Waals surface area contributed by atoms with Crippen LogP contribution in [-0.4, -0.2) is 58.0 Å². The number of rotatable bonds is 6. The number of amides is 4. The predicted molar refractivity (Wildman–Crippen MR) is 129 cm³/mol. The average molecular weight is 519 g/mol. The van der Waals surface area contributed by atoms with E-state index in [-0.39, 0.29) is 18.1 Å². The second-order valence-corrected chi connectivity index (χ2v) is 9.50. The van der Waals surface area contributed by atoms with Crippen LogP contribution in [0.5, 0.6) is 0 Å². The van der Waals surface area contributed by atoms with E-state index in [2.05, 4.69) is 9.97 Å². The summed E-state index contributed by atoms with van der Waals surface area (Å²) in [6, 6.07) is 3.43. The first-order chi connectivity index (χ1) is 17.6. The second kappa shape index (κ2) is 10.7. The van der Waals surface area contributed by atoms with E-state index < -0.39 is 47.9 Å². The van der Waals surface area contributed by atoms with E-state index in [1.807, 2.05) is 5.32 Å². The van der Waals surface area contributed by atoms with Crippen LogP contribution in [-0.2, 0) is 16.0 Å². The number of β-lactam (4-membered cyclic amide) rings is 1. The first kappa shape index (κ1) is 26.4. The van der Waals surface area contributed by atoms with Crippen LogP contribution in [0.3, 0.4) is 0 Å². The van der Waals surface area contributed by atoms with Gasteiger partial charge in [-0.3, -0.25) is 19.4 Å². The zero-order chi connectivity index (χ0) is 26.7. The normalized spacial score (nSPS) is 21.2. The number of likely N-dealkylation sites (N-methyl/N-ethyl adjacent to an activating group) is 1. The molecule has 2 fully saturated rings. The lowest BCUT2D eigenvalue weighted by Crippen LogP contribution is -2.71. The Morgan fingerprint density at radius 1 is 1.16 bits per heavy atom. The van der Waals surface area contributed by atoms with Gasteiger partial charge in [0.1, 0.15) is 23.7 Å². The van der Waals surface area contributed by atoms with Crippen molar-refractivity contribution < 1.29 is 27.6 Å². The van der Waals surface area contributed by atoms with Crippen LogP contribution in [0, 0.1) is 11.8 Å². The largest absolute Gasteiger partial charge is 0.408 e. The molecule has 0 radical (unpaired) electrons. The molecule has 1 saturated carbocycles. The highest BCUT2D eigenvalue weighted by atomic mass is 19.4. The van der Waals surface area contributed by atoms with E-state index in [1.54, 1.807) is 30.3 Å². The van der Waals surface area contributed by atoms with Crippen molar-refractivity contribution in [3.05, 3.63) is 48.3 Å².